The molecule has 1 heterocycles. The van der Waals surface area contributed by atoms with Crippen molar-refractivity contribution in [1.29, 1.82) is 0 Å². The van der Waals surface area contributed by atoms with E-state index in [1.165, 1.54) is 0 Å². The molecule has 5 heteroatoms. The second kappa shape index (κ2) is 11.7. The van der Waals surface area contributed by atoms with E-state index < -0.39 is 5.97 Å². The van der Waals surface area contributed by atoms with Gasteiger partial charge in [-0.15, -0.1) is 11.6 Å². The summed E-state index contributed by atoms with van der Waals surface area (Å²) in [4.78, 5) is 13.4. The van der Waals surface area contributed by atoms with Crippen LogP contribution in [0.2, 0.25) is 0 Å². The Balaban J connectivity index is -0.000000195. The number of alkyl halides is 1. The molecule has 0 fully saturated rings. The van der Waals surface area contributed by atoms with Crippen molar-refractivity contribution in [3.8, 4) is 0 Å². The quantitative estimate of drug-likeness (QED) is 0.572. The molecule has 78 valence electrons. The van der Waals surface area contributed by atoms with Crippen LogP contribution >= 0.6 is 11.6 Å². The fourth-order valence-corrected chi connectivity index (χ4v) is 0.742. The zero-order chi connectivity index (χ0) is 10.8. The van der Waals surface area contributed by atoms with E-state index in [0.29, 0.717) is 0 Å². The Morgan fingerprint density at radius 2 is 2.13 bits per heavy atom. The molecule has 1 rings (SSSR count). The molecule has 15 heavy (non-hydrogen) atoms. The molecule has 1 N–H and O–H groups in total. The predicted molar refractivity (Wildman–Crippen MR) is 58.4 cm³/mol. The average molecular weight is 238 g/mol. The maximum absolute atomic E-state index is 9.51. The van der Waals surface area contributed by atoms with Gasteiger partial charge in [-0.25, -0.2) is 0 Å². The van der Waals surface area contributed by atoms with Crippen LogP contribution in [0.4, 0.5) is 0 Å². The summed E-state index contributed by atoms with van der Waals surface area (Å²) in [6, 6.07) is 3.82. The molecule has 1 aromatic rings. The van der Waals surface area contributed by atoms with Gasteiger partial charge in [0.1, 0.15) is 0 Å². The fraction of sp³-hybridized carbons (Fsp3) is 0.200. The molecule has 0 spiro atoms. The third kappa shape index (κ3) is 11.6. The van der Waals surface area contributed by atoms with Gasteiger partial charge in [0.05, 0.1) is 6.42 Å². The third-order valence-corrected chi connectivity index (χ3v) is 1.44. The van der Waals surface area contributed by atoms with Crippen LogP contribution in [0.15, 0.2) is 31.1 Å². The number of carboxylic acid groups (broad SMARTS) is 1. The summed E-state index contributed by atoms with van der Waals surface area (Å²) in [6.45, 7) is 3.60. The number of halogens is 1. The number of aliphatic carboxylic acids is 1. The standard InChI is InChI=1S/C7H7N.C3H5ClO2.Na.H/c1-2-7-3-5-8-6-4-7;4-2-1-3(5)6;;/h2-6H,1H2;1-2H2,(H,5,6);;/q;;+1;-1. The first-order chi connectivity index (χ1) is 6.70. The molecule has 0 saturated carbocycles. The van der Waals surface area contributed by atoms with Gasteiger partial charge in [0.25, 0.3) is 0 Å². The van der Waals surface area contributed by atoms with Crippen molar-refractivity contribution in [1.82, 2.24) is 4.98 Å². The second-order valence-corrected chi connectivity index (χ2v) is 2.70. The minimum Gasteiger partial charge on any atom is -1.00 e. The number of carboxylic acids is 1. The maximum atomic E-state index is 9.51. The molecule has 0 amide bonds. The van der Waals surface area contributed by atoms with Crippen molar-refractivity contribution in [3.05, 3.63) is 36.7 Å². The van der Waals surface area contributed by atoms with Crippen LogP contribution in [0.1, 0.15) is 13.4 Å². The molecular weight excluding hydrogens is 225 g/mol. The average Bonchev–Trinajstić information content (AvgIpc) is 2.20. The summed E-state index contributed by atoms with van der Waals surface area (Å²) < 4.78 is 0. The molecule has 0 saturated heterocycles. The SMILES string of the molecule is C=Cc1ccncc1.O=C(O)CCCl.[H-].[Na+]. The number of hydrogen-bond donors (Lipinski definition) is 1. The van der Waals surface area contributed by atoms with Gasteiger partial charge in [0.15, 0.2) is 0 Å². The summed E-state index contributed by atoms with van der Waals surface area (Å²) in [5.74, 6) is -0.639. The first-order valence-electron chi connectivity index (χ1n) is 4.01. The minimum atomic E-state index is -0.843. The smallest absolute Gasteiger partial charge is 1.00 e. The van der Waals surface area contributed by atoms with Crippen molar-refractivity contribution in [2.45, 2.75) is 6.42 Å². The van der Waals surface area contributed by atoms with E-state index in [-0.39, 0.29) is 43.3 Å². The second-order valence-electron chi connectivity index (χ2n) is 2.32. The van der Waals surface area contributed by atoms with E-state index in [1.807, 2.05) is 12.1 Å². The fourth-order valence-electron chi connectivity index (χ4n) is 0.580. The molecule has 0 atom stereocenters. The molecule has 1 aromatic heterocycles. The van der Waals surface area contributed by atoms with E-state index >= 15 is 0 Å². The van der Waals surface area contributed by atoms with Crippen LogP contribution in [0.25, 0.3) is 6.08 Å². The van der Waals surface area contributed by atoms with Gasteiger partial charge in [-0.2, -0.15) is 0 Å². The first-order valence-corrected chi connectivity index (χ1v) is 4.54. The van der Waals surface area contributed by atoms with Crippen molar-refractivity contribution in [2.75, 3.05) is 5.88 Å². The molecule has 0 aliphatic carbocycles. The Labute approximate surface area is 118 Å². The van der Waals surface area contributed by atoms with Crippen LogP contribution in [0, 0.1) is 0 Å². The van der Waals surface area contributed by atoms with Crippen molar-refractivity contribution >= 4 is 23.6 Å². The Hall–Kier alpha value is -0.350. The van der Waals surface area contributed by atoms with Crippen molar-refractivity contribution in [3.63, 3.8) is 0 Å². The molecule has 0 bridgehead atoms. The van der Waals surface area contributed by atoms with Gasteiger partial charge in [-0.05, 0) is 17.7 Å². The van der Waals surface area contributed by atoms with Gasteiger partial charge < -0.3 is 6.53 Å². The van der Waals surface area contributed by atoms with Gasteiger partial charge in [0, 0.05) is 18.3 Å². The number of hydrogen-bond acceptors (Lipinski definition) is 2. The number of aromatic nitrogens is 1. The van der Waals surface area contributed by atoms with E-state index in [0.717, 1.165) is 5.56 Å². The minimum absolute atomic E-state index is 0. The van der Waals surface area contributed by atoms with Gasteiger partial charge in [-0.3, -0.25) is 9.78 Å². The number of rotatable bonds is 3. The van der Waals surface area contributed by atoms with Crippen LogP contribution < -0.4 is 29.6 Å². The van der Waals surface area contributed by atoms with Gasteiger partial charge in [0.2, 0.25) is 0 Å². The number of pyridine rings is 1. The first kappa shape index (κ1) is 17.1. The van der Waals surface area contributed by atoms with E-state index in [2.05, 4.69) is 11.6 Å². The van der Waals surface area contributed by atoms with E-state index in [4.69, 9.17) is 16.7 Å². The third-order valence-electron chi connectivity index (χ3n) is 1.25. The molecule has 0 aliphatic heterocycles. The Morgan fingerprint density at radius 3 is 2.33 bits per heavy atom. The Kier molecular flexibility index (Phi) is 13.3. The zero-order valence-electron chi connectivity index (χ0n) is 9.69. The molecule has 0 aliphatic rings. The molecule has 0 unspecified atom stereocenters. The van der Waals surface area contributed by atoms with Gasteiger partial charge in [-0.1, -0.05) is 12.7 Å². The topological polar surface area (TPSA) is 50.2 Å². The molecule has 0 radical (unpaired) electrons. The summed E-state index contributed by atoms with van der Waals surface area (Å²) in [5.41, 5.74) is 1.11. The summed E-state index contributed by atoms with van der Waals surface area (Å²) in [6.07, 6.45) is 5.34. The Bertz CT molecular complexity index is 285. The molecule has 3 nitrogen and oxygen atoms in total. The largest absolute Gasteiger partial charge is 1.00 e. The van der Waals surface area contributed by atoms with Crippen LogP contribution in [0.3, 0.4) is 0 Å². The summed E-state index contributed by atoms with van der Waals surface area (Å²) in [5, 5.41) is 7.83. The summed E-state index contributed by atoms with van der Waals surface area (Å²) >= 11 is 5.02. The molecule has 0 aromatic carbocycles. The van der Waals surface area contributed by atoms with Gasteiger partial charge >= 0.3 is 35.5 Å². The van der Waals surface area contributed by atoms with Crippen LogP contribution in [-0.2, 0) is 4.79 Å². The normalized spacial score (nSPS) is 7.80. The monoisotopic (exact) mass is 237 g/mol. The predicted octanol–water partition coefficient (Wildman–Crippen LogP) is -0.459. The van der Waals surface area contributed by atoms with E-state index in [1.54, 1.807) is 18.5 Å². The molecular formula is C10H13ClNNaO2. The van der Waals surface area contributed by atoms with Crippen molar-refractivity contribution in [2.24, 2.45) is 0 Å². The van der Waals surface area contributed by atoms with Crippen molar-refractivity contribution < 1.29 is 40.9 Å². The summed E-state index contributed by atoms with van der Waals surface area (Å²) in [7, 11) is 0. The number of carbonyl (C=O) groups is 1. The Morgan fingerprint density at radius 1 is 1.60 bits per heavy atom. The van der Waals surface area contributed by atoms with Crippen LogP contribution in [0.5, 0.6) is 0 Å². The number of nitrogens with zero attached hydrogens (tertiary/aromatic N) is 1. The van der Waals surface area contributed by atoms with Crippen LogP contribution in [-0.4, -0.2) is 21.9 Å². The maximum Gasteiger partial charge on any atom is 1.00 e. The van der Waals surface area contributed by atoms with E-state index in [9.17, 15) is 4.79 Å². The zero-order valence-corrected chi connectivity index (χ0v) is 11.4.